The van der Waals surface area contributed by atoms with E-state index in [1.165, 1.54) is 10.1 Å². The van der Waals surface area contributed by atoms with Crippen LogP contribution in [0.25, 0.3) is 0 Å². The van der Waals surface area contributed by atoms with Crippen molar-refractivity contribution < 1.29 is 72.7 Å². The van der Waals surface area contributed by atoms with Gasteiger partial charge in [0.15, 0.2) is 10.8 Å². The molecule has 514 valence electrons. The smallest absolute Gasteiger partial charge is 0.323 e. The van der Waals surface area contributed by atoms with Gasteiger partial charge in [0.25, 0.3) is 0 Å². The number of rotatable bonds is 37. The van der Waals surface area contributed by atoms with Gasteiger partial charge < -0.3 is 53.5 Å². The van der Waals surface area contributed by atoms with Crippen molar-refractivity contribution in [3.05, 3.63) is 0 Å². The van der Waals surface area contributed by atoms with Crippen LogP contribution in [-0.2, 0) is 57.1 Å². The summed E-state index contributed by atoms with van der Waals surface area (Å²) < 4.78 is 49.6. The van der Waals surface area contributed by atoms with Crippen LogP contribution >= 0.6 is 0 Å². The fourth-order valence-electron chi connectivity index (χ4n) is 15.1. The molecule has 4 aliphatic heterocycles. The lowest BCUT2D eigenvalue weighted by atomic mass is 9.76. The first-order chi connectivity index (χ1) is 40.8. The van der Waals surface area contributed by atoms with Gasteiger partial charge in [0.2, 0.25) is 0 Å². The van der Waals surface area contributed by atoms with Gasteiger partial charge in [-0.25, -0.2) is 0 Å². The zero-order valence-electron chi connectivity index (χ0n) is 59.0. The van der Waals surface area contributed by atoms with Gasteiger partial charge in [0, 0.05) is 58.9 Å². The molecule has 4 saturated heterocycles. The van der Waals surface area contributed by atoms with Crippen LogP contribution < -0.4 is 0 Å². The molecule has 0 aromatic rings. The van der Waals surface area contributed by atoms with Gasteiger partial charge in [0.05, 0.1) is 88.3 Å². The third-order valence-electron chi connectivity index (χ3n) is 20.1. The maximum absolute atomic E-state index is 14.6. The molecule has 88 heavy (non-hydrogen) atoms. The molecule has 19 nitrogen and oxygen atoms in total. The molecule has 4 rings (SSSR count). The van der Waals surface area contributed by atoms with Crippen LogP contribution in [0.4, 0.5) is 0 Å². The number of carbonyl (C=O) groups is 4. The van der Waals surface area contributed by atoms with Gasteiger partial charge in [-0.3, -0.25) is 24.1 Å². The molecule has 0 saturated carbocycles. The largest absolute Gasteiger partial charge is 0.465 e. The Morgan fingerprint density at radius 3 is 0.841 bits per heavy atom. The highest BCUT2D eigenvalue weighted by Gasteiger charge is 2.52. The van der Waals surface area contributed by atoms with Crippen LogP contribution in [0.15, 0.2) is 0 Å². The molecule has 0 aromatic heterocycles. The van der Waals surface area contributed by atoms with Gasteiger partial charge in [-0.1, -0.05) is 70.3 Å². The predicted octanol–water partition coefficient (Wildman–Crippen LogP) is 12.6. The molecule has 0 amide bonds. The fourth-order valence-corrected chi connectivity index (χ4v) is 15.1. The third-order valence-corrected chi connectivity index (χ3v) is 20.1. The highest BCUT2D eigenvalue weighted by atomic mass is 16.6. The summed E-state index contributed by atoms with van der Waals surface area (Å²) in [4.78, 5) is 60.8. The number of esters is 4. The average Bonchev–Trinajstić information content (AvgIpc) is 1.28. The van der Waals surface area contributed by atoms with Crippen molar-refractivity contribution in [2.75, 3.05) is 59.9 Å². The highest BCUT2D eigenvalue weighted by Crippen LogP contribution is 2.43. The second-order valence-electron chi connectivity index (χ2n) is 31.9. The Morgan fingerprint density at radius 1 is 0.364 bits per heavy atom. The van der Waals surface area contributed by atoms with E-state index in [1.807, 2.05) is 69.2 Å². The van der Waals surface area contributed by atoms with E-state index in [0.717, 1.165) is 25.7 Å². The van der Waals surface area contributed by atoms with Crippen LogP contribution in [0.2, 0.25) is 0 Å². The molecule has 0 spiro atoms. The Kier molecular flexibility index (Phi) is 29.2. The third kappa shape index (κ3) is 21.5. The number of unbranched alkanes of at least 4 members (excludes halogenated alkanes) is 5. The Morgan fingerprint density at radius 2 is 0.591 bits per heavy atom. The monoisotopic (exact) mass is 1250 g/mol. The molecular weight excluding hydrogens is 1120 g/mol. The molecule has 0 bridgehead atoms. The van der Waals surface area contributed by atoms with E-state index in [9.17, 15) is 29.6 Å². The van der Waals surface area contributed by atoms with Crippen LogP contribution in [-0.4, -0.2) is 188 Å². The standard InChI is InChI=1S/C69H128N4O15/c1-20-22-32-68(56(74)85-40-28-36-81-52-44-60(3,4)70(19)61(5,6)45-52,57(75)86-41-29-37-82-53-46-62(7,8)71(78)63(9,10)47-53)34-26-24-25-27-35-69(33-23-21-2,58(76)87-42-30-38-83-54-48-64(11,12)72(79)65(13,14)49-54)59(77)88-43-31-39-84-55-50-66(15,16)73(80)67(17,18)51-55/h52-55,78-80H,20-51H2,1-19H3/p+1. The van der Waals surface area contributed by atoms with Crippen LogP contribution in [0, 0.1) is 10.8 Å². The maximum Gasteiger partial charge on any atom is 0.323 e. The van der Waals surface area contributed by atoms with Crippen LogP contribution in [0.1, 0.15) is 279 Å². The summed E-state index contributed by atoms with van der Waals surface area (Å²) in [5.41, 5.74) is -5.77. The van der Waals surface area contributed by atoms with E-state index >= 15 is 0 Å². The summed E-state index contributed by atoms with van der Waals surface area (Å²) in [6, 6.07) is 0. The van der Waals surface area contributed by atoms with Crippen molar-refractivity contribution in [3.63, 3.8) is 0 Å². The first-order valence-electron chi connectivity index (χ1n) is 34.2. The Hall–Kier alpha value is -2.56. The van der Waals surface area contributed by atoms with Crippen LogP contribution in [0.5, 0.6) is 0 Å². The molecule has 0 radical (unpaired) electrons. The van der Waals surface area contributed by atoms with E-state index in [4.69, 9.17) is 43.1 Å². The maximum atomic E-state index is 14.6. The summed E-state index contributed by atoms with van der Waals surface area (Å²) in [5, 5.41) is 34.8. The predicted molar refractivity (Wildman–Crippen MR) is 343 cm³/mol. The Bertz CT molecular complexity index is 1810. The molecule has 0 aromatic carbocycles. The van der Waals surface area contributed by atoms with Crippen molar-refractivity contribution >= 4 is 23.9 Å². The van der Waals surface area contributed by atoms with Gasteiger partial charge in [-0.2, -0.15) is 10.1 Å². The van der Waals surface area contributed by atoms with Gasteiger partial charge in [-0.05, 0) is 195 Å². The summed E-state index contributed by atoms with van der Waals surface area (Å²) in [5.74, 6) is -2.39. The number of hydrogen-bond acceptors (Lipinski definition) is 18. The zero-order chi connectivity index (χ0) is 66.2. The number of hydroxylamine groups is 6. The fraction of sp³-hybridized carbons (Fsp3) is 0.942. The van der Waals surface area contributed by atoms with Gasteiger partial charge in [-0.15, -0.1) is 0 Å². The summed E-state index contributed by atoms with van der Waals surface area (Å²) >= 11 is 0. The number of ether oxygens (including phenoxy) is 8. The Labute approximate surface area is 532 Å². The van der Waals surface area contributed by atoms with Crippen molar-refractivity contribution in [2.24, 2.45) is 10.8 Å². The van der Waals surface area contributed by atoms with Gasteiger partial charge >= 0.3 is 23.9 Å². The molecular formula is C69H129N4O15+. The normalized spacial score (nSPS) is 23.8. The van der Waals surface area contributed by atoms with Crippen LogP contribution in [0.3, 0.4) is 0 Å². The van der Waals surface area contributed by atoms with E-state index in [2.05, 4.69) is 67.3 Å². The Balaban J connectivity index is 1.46. The second kappa shape index (κ2) is 33.0. The molecule has 4 heterocycles. The van der Waals surface area contributed by atoms with Crippen molar-refractivity contribution in [1.82, 2.24) is 20.1 Å². The number of carbonyl (C=O) groups excluding carboxylic acids is 4. The molecule has 0 aliphatic carbocycles. The summed E-state index contributed by atoms with van der Waals surface area (Å²) in [6.07, 6.45) is 13.2. The minimum Gasteiger partial charge on any atom is -0.465 e. The minimum absolute atomic E-state index is 0.0344. The molecule has 2 atom stereocenters. The lowest BCUT2D eigenvalue weighted by molar-refractivity contribution is -0.261. The summed E-state index contributed by atoms with van der Waals surface area (Å²) in [6.45, 7) is 39.0. The molecule has 19 heteroatoms. The van der Waals surface area contributed by atoms with Crippen molar-refractivity contribution in [2.45, 2.75) is 347 Å². The topological polar surface area (TPSA) is 218 Å². The minimum atomic E-state index is -1.55. The van der Waals surface area contributed by atoms with E-state index in [1.54, 1.807) is 5.06 Å². The SMILES string of the molecule is CCCCC(CCCCCCC(CCCC)(C(=O)OCCCOC1CC(C)(C)N(O)C(C)(C)C1)C(=O)OCCCOC1CC(C)(C)N([OH2+])C(C)(C)C1)(C(=O)OCCCOC1CC(C)(C)N(C)C(C)(C)C1)C(=O)OCCCOC1CC(C)(C)N(O)C(C)(C)C1. The number of nitrogens with zero attached hydrogens (tertiary/aromatic N) is 4. The van der Waals surface area contributed by atoms with E-state index in [-0.39, 0.29) is 98.7 Å². The summed E-state index contributed by atoms with van der Waals surface area (Å²) in [7, 11) is 2.17. The average molecular weight is 1250 g/mol. The van der Waals surface area contributed by atoms with Gasteiger partial charge in [0.1, 0.15) is 0 Å². The lowest BCUT2D eigenvalue weighted by Gasteiger charge is -2.53. The molecule has 4 fully saturated rings. The van der Waals surface area contributed by atoms with Crippen molar-refractivity contribution in [3.8, 4) is 0 Å². The second-order valence-corrected chi connectivity index (χ2v) is 31.9. The van der Waals surface area contributed by atoms with E-state index < -0.39 is 56.9 Å². The first-order valence-corrected chi connectivity index (χ1v) is 34.2. The lowest BCUT2D eigenvalue weighted by Crippen LogP contribution is -2.60. The highest BCUT2D eigenvalue weighted by molar-refractivity contribution is 6.00. The first kappa shape index (κ1) is 77.9. The molecule has 4 N–H and O–H groups in total. The van der Waals surface area contributed by atoms with E-state index in [0.29, 0.717) is 129 Å². The number of hydrogen-bond donors (Lipinski definition) is 2. The number of piperidine rings is 4. The van der Waals surface area contributed by atoms with Crippen molar-refractivity contribution in [1.29, 1.82) is 0 Å². The quantitative estimate of drug-likeness (QED) is 0.0194. The molecule has 2 unspecified atom stereocenters. The molecule has 4 aliphatic rings. The number of likely N-dealkylation sites (tertiary alicyclic amines) is 1. The zero-order valence-corrected chi connectivity index (χ0v) is 59.0.